The molecule has 2 fully saturated rings. The van der Waals surface area contributed by atoms with Crippen LogP contribution < -0.4 is 5.32 Å². The van der Waals surface area contributed by atoms with Crippen molar-refractivity contribution < 1.29 is 0 Å². The molecule has 94 valence electrons. The predicted octanol–water partition coefficient (Wildman–Crippen LogP) is 3.26. The Morgan fingerprint density at radius 3 is 3.18 bits per heavy atom. The summed E-state index contributed by atoms with van der Waals surface area (Å²) in [5.41, 5.74) is 0. The molecule has 1 aromatic heterocycles. The summed E-state index contributed by atoms with van der Waals surface area (Å²) in [6.45, 7) is 6.03. The first-order valence-corrected chi connectivity index (χ1v) is 8.13. The van der Waals surface area contributed by atoms with Gasteiger partial charge in [0.25, 0.3) is 0 Å². The van der Waals surface area contributed by atoms with E-state index < -0.39 is 0 Å². The molecular formula is C13H19BrN2S. The van der Waals surface area contributed by atoms with Crippen LogP contribution in [0, 0.1) is 5.92 Å². The van der Waals surface area contributed by atoms with Crippen LogP contribution in [0.25, 0.3) is 0 Å². The van der Waals surface area contributed by atoms with Gasteiger partial charge in [0.2, 0.25) is 0 Å². The molecule has 0 aliphatic carbocycles. The van der Waals surface area contributed by atoms with Crippen LogP contribution in [0.15, 0.2) is 15.9 Å². The Balaban J connectivity index is 1.78. The summed E-state index contributed by atoms with van der Waals surface area (Å²) in [5, 5.41) is 5.75. The normalized spacial score (nSPS) is 31.4. The zero-order valence-electron chi connectivity index (χ0n) is 10.2. The molecule has 3 rings (SSSR count). The van der Waals surface area contributed by atoms with Crippen molar-refractivity contribution in [3.63, 3.8) is 0 Å². The van der Waals surface area contributed by atoms with Crippen molar-refractivity contribution in [2.75, 3.05) is 19.6 Å². The van der Waals surface area contributed by atoms with E-state index in [0.29, 0.717) is 6.04 Å². The summed E-state index contributed by atoms with van der Waals surface area (Å²) in [6.07, 6.45) is 2.77. The molecule has 4 heteroatoms. The third-order valence-corrected chi connectivity index (χ3v) is 6.08. The lowest BCUT2D eigenvalue weighted by molar-refractivity contribution is 0.0862. The Labute approximate surface area is 116 Å². The third kappa shape index (κ3) is 2.33. The van der Waals surface area contributed by atoms with E-state index >= 15 is 0 Å². The zero-order chi connectivity index (χ0) is 11.8. The van der Waals surface area contributed by atoms with E-state index in [1.54, 1.807) is 0 Å². The largest absolute Gasteiger partial charge is 0.315 e. The van der Waals surface area contributed by atoms with Crippen LogP contribution in [0.1, 0.15) is 30.7 Å². The minimum absolute atomic E-state index is 0.569. The van der Waals surface area contributed by atoms with Crippen LogP contribution in [0.3, 0.4) is 0 Å². The van der Waals surface area contributed by atoms with Crippen LogP contribution in [-0.2, 0) is 0 Å². The summed E-state index contributed by atoms with van der Waals surface area (Å²) in [4.78, 5) is 4.20. The maximum Gasteiger partial charge on any atom is 0.0417 e. The average molecular weight is 315 g/mol. The predicted molar refractivity (Wildman–Crippen MR) is 76.5 cm³/mol. The number of nitrogens with zero attached hydrogens (tertiary/aromatic N) is 1. The monoisotopic (exact) mass is 314 g/mol. The summed E-state index contributed by atoms with van der Waals surface area (Å²) >= 11 is 5.44. The number of halogens is 1. The fourth-order valence-corrected chi connectivity index (χ4v) is 4.82. The first kappa shape index (κ1) is 12.2. The molecule has 2 aliphatic heterocycles. The second-order valence-electron chi connectivity index (χ2n) is 5.21. The number of fused-ring (bicyclic) bond motifs is 1. The first-order valence-electron chi connectivity index (χ1n) is 6.46. The van der Waals surface area contributed by atoms with Gasteiger partial charge in [-0.05, 0) is 60.8 Å². The molecule has 2 nitrogen and oxygen atoms in total. The maximum atomic E-state index is 3.56. The fourth-order valence-electron chi connectivity index (χ4n) is 3.30. The SMILES string of the molecule is CC(c1cc(Br)cs1)N1CCCC2CNCC21. The van der Waals surface area contributed by atoms with E-state index in [1.807, 2.05) is 11.3 Å². The molecule has 0 amide bonds. The van der Waals surface area contributed by atoms with E-state index in [1.165, 1.54) is 41.8 Å². The van der Waals surface area contributed by atoms with Gasteiger partial charge in [0.1, 0.15) is 0 Å². The lowest BCUT2D eigenvalue weighted by Gasteiger charge is -2.40. The number of likely N-dealkylation sites (tertiary alicyclic amines) is 1. The Bertz CT molecular complexity index is 393. The first-order chi connectivity index (χ1) is 8.25. The highest BCUT2D eigenvalue weighted by atomic mass is 79.9. The number of hydrogen-bond acceptors (Lipinski definition) is 3. The van der Waals surface area contributed by atoms with Crippen molar-refractivity contribution in [3.8, 4) is 0 Å². The van der Waals surface area contributed by atoms with Gasteiger partial charge < -0.3 is 5.32 Å². The van der Waals surface area contributed by atoms with Gasteiger partial charge in [0.15, 0.2) is 0 Å². The number of nitrogens with one attached hydrogen (secondary N) is 1. The van der Waals surface area contributed by atoms with Crippen molar-refractivity contribution in [1.82, 2.24) is 10.2 Å². The number of thiophene rings is 1. The van der Waals surface area contributed by atoms with Crippen LogP contribution in [0.5, 0.6) is 0 Å². The fraction of sp³-hybridized carbons (Fsp3) is 0.692. The molecule has 0 spiro atoms. The lowest BCUT2D eigenvalue weighted by Crippen LogP contribution is -2.45. The van der Waals surface area contributed by atoms with Crippen molar-refractivity contribution in [2.24, 2.45) is 5.92 Å². The van der Waals surface area contributed by atoms with Crippen molar-refractivity contribution >= 4 is 27.3 Å². The van der Waals surface area contributed by atoms with Crippen molar-refractivity contribution in [1.29, 1.82) is 0 Å². The van der Waals surface area contributed by atoms with Gasteiger partial charge in [0, 0.05) is 33.4 Å². The second kappa shape index (κ2) is 5.00. The molecule has 1 N–H and O–H groups in total. The van der Waals surface area contributed by atoms with Gasteiger partial charge in [0.05, 0.1) is 0 Å². The molecule has 2 saturated heterocycles. The Kier molecular flexibility index (Phi) is 3.57. The van der Waals surface area contributed by atoms with E-state index in [2.05, 4.69) is 44.5 Å². The van der Waals surface area contributed by atoms with E-state index in [4.69, 9.17) is 0 Å². The topological polar surface area (TPSA) is 15.3 Å². The summed E-state index contributed by atoms with van der Waals surface area (Å²) < 4.78 is 1.22. The number of rotatable bonds is 2. The van der Waals surface area contributed by atoms with Gasteiger partial charge in [-0.2, -0.15) is 0 Å². The average Bonchev–Trinajstić information content (AvgIpc) is 2.95. The third-order valence-electron chi connectivity index (χ3n) is 4.22. The minimum Gasteiger partial charge on any atom is -0.315 e. The van der Waals surface area contributed by atoms with Crippen LogP contribution in [0.2, 0.25) is 0 Å². The molecule has 3 heterocycles. The Hall–Kier alpha value is 0.1000. The molecule has 17 heavy (non-hydrogen) atoms. The Morgan fingerprint density at radius 2 is 2.41 bits per heavy atom. The van der Waals surface area contributed by atoms with Gasteiger partial charge in [-0.1, -0.05) is 0 Å². The number of piperidine rings is 1. The molecule has 0 radical (unpaired) electrons. The van der Waals surface area contributed by atoms with Crippen LogP contribution >= 0.6 is 27.3 Å². The quantitative estimate of drug-likeness (QED) is 0.901. The summed E-state index contributed by atoms with van der Waals surface area (Å²) in [6, 6.07) is 3.61. The molecular weight excluding hydrogens is 296 g/mol. The lowest BCUT2D eigenvalue weighted by atomic mass is 9.91. The molecule has 0 aromatic carbocycles. The maximum absolute atomic E-state index is 3.56. The van der Waals surface area contributed by atoms with Gasteiger partial charge >= 0.3 is 0 Å². The second-order valence-corrected chi connectivity index (χ2v) is 7.07. The van der Waals surface area contributed by atoms with Crippen LogP contribution in [-0.4, -0.2) is 30.6 Å². The van der Waals surface area contributed by atoms with Gasteiger partial charge in [-0.15, -0.1) is 11.3 Å². The summed E-state index contributed by atoms with van der Waals surface area (Å²) in [5.74, 6) is 0.884. The minimum atomic E-state index is 0.569. The van der Waals surface area contributed by atoms with Crippen LogP contribution in [0.4, 0.5) is 0 Å². The highest BCUT2D eigenvalue weighted by Crippen LogP contribution is 2.36. The van der Waals surface area contributed by atoms with Crippen molar-refractivity contribution in [3.05, 3.63) is 20.8 Å². The molecule has 3 atom stereocenters. The molecule has 2 aliphatic rings. The van der Waals surface area contributed by atoms with Gasteiger partial charge in [-0.3, -0.25) is 4.90 Å². The molecule has 0 saturated carbocycles. The smallest absolute Gasteiger partial charge is 0.0417 e. The van der Waals surface area contributed by atoms with E-state index in [0.717, 1.165) is 12.0 Å². The van der Waals surface area contributed by atoms with Crippen molar-refractivity contribution in [2.45, 2.75) is 31.8 Å². The standard InChI is InChI=1S/C13H19BrN2S/c1-9(13-5-11(14)8-17-13)16-4-2-3-10-6-15-7-12(10)16/h5,8-10,12,15H,2-4,6-7H2,1H3. The molecule has 1 aromatic rings. The highest BCUT2D eigenvalue weighted by Gasteiger charge is 2.37. The highest BCUT2D eigenvalue weighted by molar-refractivity contribution is 9.10. The van der Waals surface area contributed by atoms with E-state index in [-0.39, 0.29) is 0 Å². The Morgan fingerprint density at radius 1 is 1.53 bits per heavy atom. The summed E-state index contributed by atoms with van der Waals surface area (Å²) in [7, 11) is 0. The van der Waals surface area contributed by atoms with Gasteiger partial charge in [-0.25, -0.2) is 0 Å². The molecule has 0 bridgehead atoms. The van der Waals surface area contributed by atoms with E-state index in [9.17, 15) is 0 Å². The number of hydrogen-bond donors (Lipinski definition) is 1. The molecule has 3 unspecified atom stereocenters. The zero-order valence-corrected chi connectivity index (χ0v) is 12.6.